The Morgan fingerprint density at radius 2 is 1.82 bits per heavy atom. The third-order valence-electron chi connectivity index (χ3n) is 5.31. The number of carbonyl (C=O) groups excluding carboxylic acids is 2. The number of hydrogen-bond donors (Lipinski definition) is 4. The summed E-state index contributed by atoms with van der Waals surface area (Å²) in [6, 6.07) is 18.4. The van der Waals surface area contributed by atoms with Crippen molar-refractivity contribution in [2.75, 3.05) is 16.4 Å². The summed E-state index contributed by atoms with van der Waals surface area (Å²) in [7, 11) is -3.56. The second kappa shape index (κ2) is 10.2. The topological polar surface area (TPSA) is 104 Å². The summed E-state index contributed by atoms with van der Waals surface area (Å²) >= 11 is 7.71. The monoisotopic (exact) mass is 559 g/mol. The normalized spacial score (nSPS) is 15.1. The van der Waals surface area contributed by atoms with Crippen LogP contribution in [0.5, 0.6) is 0 Å². The number of benzene rings is 3. The van der Waals surface area contributed by atoms with Crippen LogP contribution in [0.1, 0.15) is 21.5 Å². The van der Waals surface area contributed by atoms with Crippen LogP contribution in [-0.4, -0.2) is 32.0 Å². The van der Waals surface area contributed by atoms with Crippen LogP contribution in [0.3, 0.4) is 0 Å². The fraction of sp³-hybridized carbons (Fsp3) is 0.167. The first-order chi connectivity index (χ1) is 16.2. The number of anilines is 2. The smallest absolute Gasteiger partial charge is 0.251 e. The lowest BCUT2D eigenvalue weighted by Gasteiger charge is -2.27. The van der Waals surface area contributed by atoms with Crippen LogP contribution < -0.4 is 16.0 Å². The van der Waals surface area contributed by atoms with Crippen LogP contribution in [0.25, 0.3) is 0 Å². The van der Waals surface area contributed by atoms with Gasteiger partial charge in [-0.1, -0.05) is 46.3 Å². The van der Waals surface area contributed by atoms with Crippen molar-refractivity contribution in [2.24, 2.45) is 0 Å². The molecule has 3 N–H and O–H groups in total. The van der Waals surface area contributed by atoms with E-state index in [4.69, 9.17) is 0 Å². The Labute approximate surface area is 211 Å². The lowest BCUT2D eigenvalue weighted by atomic mass is 10.1. The van der Waals surface area contributed by atoms with Crippen molar-refractivity contribution >= 4 is 61.6 Å². The highest BCUT2D eigenvalue weighted by Gasteiger charge is 2.30. The van der Waals surface area contributed by atoms with E-state index in [0.29, 0.717) is 29.0 Å². The Balaban J connectivity index is 1.41. The zero-order valence-corrected chi connectivity index (χ0v) is 21.2. The van der Waals surface area contributed by atoms with Crippen LogP contribution in [0, 0.1) is 0 Å². The molecule has 0 saturated heterocycles. The second-order valence-corrected chi connectivity index (χ2v) is 11.4. The van der Waals surface area contributed by atoms with Crippen molar-refractivity contribution in [1.29, 1.82) is 0 Å². The molecule has 0 saturated carbocycles. The summed E-state index contributed by atoms with van der Waals surface area (Å²) in [6.45, 7) is 0.318. The average molecular weight is 560 g/mol. The quantitative estimate of drug-likeness (QED) is 0.327. The molecular formula is C24H22BrN3O4S2. The van der Waals surface area contributed by atoms with E-state index in [1.165, 1.54) is 0 Å². The van der Waals surface area contributed by atoms with Gasteiger partial charge in [-0.15, -0.1) is 12.6 Å². The highest BCUT2D eigenvalue weighted by Crippen LogP contribution is 2.29. The summed E-state index contributed by atoms with van der Waals surface area (Å²) < 4.78 is 26.2. The Morgan fingerprint density at radius 1 is 1.03 bits per heavy atom. The largest absolute Gasteiger partial charge is 0.371 e. The number of halogens is 1. The van der Waals surface area contributed by atoms with Gasteiger partial charge in [0.1, 0.15) is 6.04 Å². The zero-order chi connectivity index (χ0) is 24.3. The van der Waals surface area contributed by atoms with Gasteiger partial charge in [-0.2, -0.15) is 0 Å². The Morgan fingerprint density at radius 3 is 2.59 bits per heavy atom. The standard InChI is InChI=1S/C24H22BrN3O4S2/c25-18-6-3-4-15(10-18)13-34(31,32)14-21-24(30)28-20-11-16(8-9-19(20)27-21)23(29)26-12-17-5-1-2-7-22(17)33/h1-11,21,27,33H,12-14H2,(H,26,29)(H,28,30)/t21-/m1/s1. The van der Waals surface area contributed by atoms with Gasteiger partial charge in [0, 0.05) is 21.5 Å². The molecule has 1 aliphatic heterocycles. The molecule has 0 bridgehead atoms. The summed E-state index contributed by atoms with van der Waals surface area (Å²) in [5.74, 6) is -1.28. The number of carbonyl (C=O) groups is 2. The lowest BCUT2D eigenvalue weighted by Crippen LogP contribution is -2.43. The fourth-order valence-electron chi connectivity index (χ4n) is 3.64. The number of amides is 2. The third-order valence-corrected chi connectivity index (χ3v) is 7.86. The van der Waals surface area contributed by atoms with Gasteiger partial charge in [0.2, 0.25) is 5.91 Å². The first-order valence-electron chi connectivity index (χ1n) is 10.4. The van der Waals surface area contributed by atoms with Crippen molar-refractivity contribution in [3.63, 3.8) is 0 Å². The highest BCUT2D eigenvalue weighted by molar-refractivity contribution is 9.10. The van der Waals surface area contributed by atoms with E-state index >= 15 is 0 Å². The SMILES string of the molecule is O=C(NCc1ccccc1S)c1ccc2c(c1)NC(=O)[C@@H](CS(=O)(=O)Cc1cccc(Br)c1)N2. The third kappa shape index (κ3) is 5.99. The van der Waals surface area contributed by atoms with Gasteiger partial charge in [0.25, 0.3) is 5.91 Å². The maximum Gasteiger partial charge on any atom is 0.251 e. The van der Waals surface area contributed by atoms with Crippen molar-refractivity contribution in [1.82, 2.24) is 5.32 Å². The predicted octanol–water partition coefficient (Wildman–Crippen LogP) is 4.02. The predicted molar refractivity (Wildman–Crippen MR) is 139 cm³/mol. The molecule has 0 fully saturated rings. The fourth-order valence-corrected chi connectivity index (χ4v) is 5.87. The van der Waals surface area contributed by atoms with Crippen molar-refractivity contribution in [2.45, 2.75) is 23.2 Å². The van der Waals surface area contributed by atoms with E-state index in [-0.39, 0.29) is 17.4 Å². The summed E-state index contributed by atoms with van der Waals surface area (Å²) in [5, 5.41) is 8.54. The average Bonchev–Trinajstić information content (AvgIpc) is 2.78. The van der Waals surface area contributed by atoms with Gasteiger partial charge < -0.3 is 16.0 Å². The van der Waals surface area contributed by atoms with Crippen molar-refractivity contribution < 1.29 is 18.0 Å². The number of thiol groups is 1. The molecule has 0 radical (unpaired) electrons. The van der Waals surface area contributed by atoms with E-state index in [9.17, 15) is 18.0 Å². The number of rotatable bonds is 7. The molecule has 1 heterocycles. The molecule has 3 aromatic rings. The molecule has 0 aromatic heterocycles. The maximum absolute atomic E-state index is 12.7. The van der Waals surface area contributed by atoms with Gasteiger partial charge in [0.15, 0.2) is 9.84 Å². The van der Waals surface area contributed by atoms with Crippen molar-refractivity contribution in [3.05, 3.63) is 87.9 Å². The molecule has 4 rings (SSSR count). The van der Waals surface area contributed by atoms with Crippen LogP contribution in [0.15, 0.2) is 76.1 Å². The van der Waals surface area contributed by atoms with Gasteiger partial charge in [-0.3, -0.25) is 9.59 Å². The van der Waals surface area contributed by atoms with Crippen LogP contribution >= 0.6 is 28.6 Å². The van der Waals surface area contributed by atoms with Crippen LogP contribution in [0.2, 0.25) is 0 Å². The molecule has 10 heteroatoms. The van der Waals surface area contributed by atoms with Gasteiger partial charge in [0.05, 0.1) is 22.9 Å². The van der Waals surface area contributed by atoms with E-state index in [1.54, 1.807) is 36.4 Å². The number of sulfone groups is 1. The van der Waals surface area contributed by atoms with Gasteiger partial charge >= 0.3 is 0 Å². The number of nitrogens with one attached hydrogen (secondary N) is 3. The van der Waals surface area contributed by atoms with Crippen LogP contribution in [-0.2, 0) is 26.9 Å². The number of hydrogen-bond acceptors (Lipinski definition) is 6. The summed E-state index contributed by atoms with van der Waals surface area (Å²) in [5.41, 5.74) is 2.88. The molecule has 0 unspecified atom stereocenters. The molecule has 176 valence electrons. The van der Waals surface area contributed by atoms with Crippen LogP contribution in [0.4, 0.5) is 11.4 Å². The molecule has 34 heavy (non-hydrogen) atoms. The lowest BCUT2D eigenvalue weighted by molar-refractivity contribution is -0.116. The first-order valence-corrected chi connectivity index (χ1v) is 13.5. The molecule has 7 nitrogen and oxygen atoms in total. The molecule has 1 aliphatic rings. The van der Waals surface area contributed by atoms with E-state index in [1.807, 2.05) is 30.3 Å². The minimum absolute atomic E-state index is 0.167. The molecule has 0 aliphatic carbocycles. The molecule has 2 amide bonds. The molecule has 3 aromatic carbocycles. The Hall–Kier alpha value is -2.82. The molecule has 0 spiro atoms. The molecular weight excluding hydrogens is 538 g/mol. The Bertz CT molecular complexity index is 1360. The molecule has 1 atom stereocenters. The van der Waals surface area contributed by atoms with Crippen molar-refractivity contribution in [3.8, 4) is 0 Å². The van der Waals surface area contributed by atoms with E-state index in [0.717, 1.165) is 14.9 Å². The van der Waals surface area contributed by atoms with E-state index in [2.05, 4.69) is 44.5 Å². The van der Waals surface area contributed by atoms with E-state index < -0.39 is 21.8 Å². The summed E-state index contributed by atoms with van der Waals surface area (Å²) in [6.07, 6.45) is 0. The Kier molecular flexibility index (Phi) is 7.30. The minimum Gasteiger partial charge on any atom is -0.371 e. The second-order valence-electron chi connectivity index (χ2n) is 7.94. The zero-order valence-electron chi connectivity index (χ0n) is 17.9. The maximum atomic E-state index is 12.7. The minimum atomic E-state index is -3.56. The number of fused-ring (bicyclic) bond motifs is 1. The highest BCUT2D eigenvalue weighted by atomic mass is 79.9. The van der Waals surface area contributed by atoms with Gasteiger partial charge in [-0.05, 0) is 47.5 Å². The first kappa shape index (κ1) is 24.3. The summed E-state index contributed by atoms with van der Waals surface area (Å²) in [4.78, 5) is 26.0. The van der Waals surface area contributed by atoms with Gasteiger partial charge in [-0.25, -0.2) is 8.42 Å².